The van der Waals surface area contributed by atoms with Crippen LogP contribution in [0.1, 0.15) is 240 Å². The average molecular weight is 771 g/mol. The predicted octanol–water partition coefficient (Wildman–Crippen LogP) is 12.4. The molecule has 0 aliphatic carbocycles. The molecule has 2 N–H and O–H groups in total. The van der Waals surface area contributed by atoms with Gasteiger partial charge in [-0.25, -0.2) is 9.59 Å². The normalized spacial score (nSPS) is 12.6. The number of unbranched alkanes of at least 4 members (excludes halogenated alkanes) is 28. The van der Waals surface area contributed by atoms with E-state index in [1.165, 1.54) is 174 Å². The highest BCUT2D eigenvalue weighted by atomic mass is 16.6. The van der Waals surface area contributed by atoms with Gasteiger partial charge in [0.25, 0.3) is 0 Å². The highest BCUT2D eigenvalue weighted by molar-refractivity contribution is 5.82. The van der Waals surface area contributed by atoms with E-state index < -0.39 is 36.2 Å². The van der Waals surface area contributed by atoms with Crippen LogP contribution in [0.4, 0.5) is 0 Å². The molecule has 0 spiro atoms. The van der Waals surface area contributed by atoms with Crippen molar-refractivity contribution in [2.45, 2.75) is 258 Å². The van der Waals surface area contributed by atoms with E-state index in [4.69, 9.17) is 19.7 Å². The number of esters is 3. The summed E-state index contributed by atoms with van der Waals surface area (Å²) in [5, 5.41) is 17.7. The van der Waals surface area contributed by atoms with Crippen LogP contribution in [0.2, 0.25) is 0 Å². The molecule has 0 heterocycles. The molecule has 0 aromatic heterocycles. The molecule has 0 saturated heterocycles. The molecule has 0 aromatic carbocycles. The van der Waals surface area contributed by atoms with Gasteiger partial charge in [0.2, 0.25) is 0 Å². The first-order valence-electron chi connectivity index (χ1n) is 22.5. The minimum atomic E-state index is -1.26. The van der Waals surface area contributed by atoms with Crippen molar-refractivity contribution in [2.75, 3.05) is 6.61 Å². The molecule has 0 aliphatic heterocycles. The maximum absolute atomic E-state index is 11.8. The Hall–Kier alpha value is -2.16. The topological polar surface area (TPSA) is 136 Å². The zero-order valence-electron chi connectivity index (χ0n) is 35.8. The third-order valence-corrected chi connectivity index (χ3v) is 9.74. The zero-order valence-corrected chi connectivity index (χ0v) is 35.8. The molecule has 0 rings (SSSR count). The van der Waals surface area contributed by atoms with Crippen molar-refractivity contribution in [2.24, 2.45) is 0 Å². The quantitative estimate of drug-likeness (QED) is 0.0357. The fraction of sp³-hybridized carbons (Fsp3) is 0.911. The summed E-state index contributed by atoms with van der Waals surface area (Å²) in [5.41, 5.74) is 0. The first kappa shape index (κ1) is 53.9. The van der Waals surface area contributed by atoms with E-state index in [1.807, 2.05) is 0 Å². The second-order valence-electron chi connectivity index (χ2n) is 15.5. The van der Waals surface area contributed by atoms with Crippen molar-refractivity contribution in [3.8, 4) is 0 Å². The Kier molecular flexibility index (Phi) is 41.9. The fourth-order valence-corrected chi connectivity index (χ4v) is 6.19. The molecule has 54 heavy (non-hydrogen) atoms. The number of aliphatic hydroxyl groups is 1. The molecule has 0 saturated carbocycles. The Morgan fingerprint density at radius 1 is 0.426 bits per heavy atom. The van der Waals surface area contributed by atoms with Crippen LogP contribution in [0.15, 0.2) is 0 Å². The highest BCUT2D eigenvalue weighted by Gasteiger charge is 2.24. The molecular weight excluding hydrogens is 684 g/mol. The summed E-state index contributed by atoms with van der Waals surface area (Å²) in [4.78, 5) is 45.4. The maximum atomic E-state index is 11.8. The van der Waals surface area contributed by atoms with Crippen LogP contribution in [0.3, 0.4) is 0 Å². The van der Waals surface area contributed by atoms with E-state index in [0.717, 1.165) is 32.1 Å². The van der Waals surface area contributed by atoms with Gasteiger partial charge in [-0.15, -0.1) is 0 Å². The Bertz CT molecular complexity index is 860. The van der Waals surface area contributed by atoms with Gasteiger partial charge in [-0.05, 0) is 33.6 Å². The third-order valence-electron chi connectivity index (χ3n) is 9.74. The lowest BCUT2D eigenvalue weighted by Gasteiger charge is -2.14. The summed E-state index contributed by atoms with van der Waals surface area (Å²) in [5.74, 6) is -2.70. The van der Waals surface area contributed by atoms with Gasteiger partial charge in [0.1, 0.15) is 6.61 Å². The maximum Gasteiger partial charge on any atom is 0.347 e. The summed E-state index contributed by atoms with van der Waals surface area (Å²) in [6, 6.07) is 0. The molecule has 9 heteroatoms. The predicted molar refractivity (Wildman–Crippen MR) is 220 cm³/mol. The average Bonchev–Trinajstić information content (AvgIpc) is 3.14. The van der Waals surface area contributed by atoms with Crippen LogP contribution in [-0.2, 0) is 33.4 Å². The monoisotopic (exact) mass is 771 g/mol. The first-order valence-corrected chi connectivity index (χ1v) is 22.5. The summed E-state index contributed by atoms with van der Waals surface area (Å²) in [6.07, 6.45) is 36.7. The van der Waals surface area contributed by atoms with Crippen molar-refractivity contribution in [3.63, 3.8) is 0 Å². The minimum Gasteiger partial charge on any atom is -0.479 e. The van der Waals surface area contributed by atoms with Gasteiger partial charge in [0.05, 0.1) is 6.10 Å². The van der Waals surface area contributed by atoms with Crippen LogP contribution in [0, 0.1) is 0 Å². The molecule has 9 nitrogen and oxygen atoms in total. The number of aliphatic hydroxyl groups excluding tert-OH is 1. The zero-order chi connectivity index (χ0) is 40.5. The van der Waals surface area contributed by atoms with E-state index in [2.05, 4.69) is 18.6 Å². The Labute approximate surface area is 331 Å². The second-order valence-corrected chi connectivity index (χ2v) is 15.5. The second kappa shape index (κ2) is 42.0. The van der Waals surface area contributed by atoms with Crippen molar-refractivity contribution in [1.29, 1.82) is 0 Å². The van der Waals surface area contributed by atoms with Gasteiger partial charge in [0.15, 0.2) is 12.2 Å². The van der Waals surface area contributed by atoms with Crippen LogP contribution >= 0.6 is 0 Å². The Morgan fingerprint density at radius 2 is 0.722 bits per heavy atom. The molecule has 0 aromatic rings. The Balaban J connectivity index is 0. The van der Waals surface area contributed by atoms with Crippen LogP contribution < -0.4 is 0 Å². The van der Waals surface area contributed by atoms with Crippen LogP contribution in [0.25, 0.3) is 0 Å². The number of carbonyl (C=O) groups excluding carboxylic acids is 3. The molecule has 0 bridgehead atoms. The van der Waals surface area contributed by atoms with Crippen LogP contribution in [-0.4, -0.2) is 59.0 Å². The largest absolute Gasteiger partial charge is 0.479 e. The lowest BCUT2D eigenvalue weighted by atomic mass is 10.0. The van der Waals surface area contributed by atoms with Gasteiger partial charge in [-0.1, -0.05) is 194 Å². The lowest BCUT2D eigenvalue weighted by molar-refractivity contribution is -0.174. The lowest BCUT2D eigenvalue weighted by Crippen LogP contribution is -2.32. The molecule has 320 valence electrons. The van der Waals surface area contributed by atoms with Crippen LogP contribution in [0.5, 0.6) is 0 Å². The number of rotatable bonds is 38. The SMILES string of the molecule is CCCCCCCCCCCCCCCCCC(=O)OC(C)C(=O)OC(C)C(=O)O.CCCCCCCCCCCCCCCCCC(=O)OCC(C)O. The number of carboxylic acids is 1. The van der Waals surface area contributed by atoms with Crippen molar-refractivity contribution in [3.05, 3.63) is 0 Å². The summed E-state index contributed by atoms with van der Waals surface area (Å²) < 4.78 is 14.6. The standard InChI is InChI=1S/C24H44O6.C21H42O3/c1-4-5-6-7-8-9-10-11-12-13-14-15-16-17-18-19-22(25)29-21(3)24(28)30-20(2)23(26)27;1-3-4-5-6-7-8-9-10-11-12-13-14-15-16-17-18-21(23)24-19-20(2)22/h20-21H,4-19H2,1-3H3,(H,26,27);20,22H,3-19H2,1-2H3. The number of carbonyl (C=O) groups is 4. The van der Waals surface area contributed by atoms with E-state index in [0.29, 0.717) is 6.42 Å². The number of ether oxygens (including phenoxy) is 3. The molecule has 3 atom stereocenters. The first-order chi connectivity index (χ1) is 26.0. The molecule has 0 fully saturated rings. The molecule has 0 radical (unpaired) electrons. The highest BCUT2D eigenvalue weighted by Crippen LogP contribution is 2.16. The summed E-state index contributed by atoms with van der Waals surface area (Å²) in [7, 11) is 0. The van der Waals surface area contributed by atoms with E-state index in [1.54, 1.807) is 6.92 Å². The number of carboxylic acid groups (broad SMARTS) is 1. The van der Waals surface area contributed by atoms with Crippen molar-refractivity contribution < 1.29 is 43.6 Å². The van der Waals surface area contributed by atoms with E-state index in [-0.39, 0.29) is 19.0 Å². The molecular formula is C45H86O9. The minimum absolute atomic E-state index is 0.123. The number of aliphatic carboxylic acids is 1. The summed E-state index contributed by atoms with van der Waals surface area (Å²) in [6.45, 7) is 8.92. The van der Waals surface area contributed by atoms with Crippen molar-refractivity contribution in [1.82, 2.24) is 0 Å². The molecule has 3 unspecified atom stereocenters. The van der Waals surface area contributed by atoms with E-state index >= 15 is 0 Å². The van der Waals surface area contributed by atoms with Crippen molar-refractivity contribution >= 4 is 23.9 Å². The van der Waals surface area contributed by atoms with Gasteiger partial charge < -0.3 is 24.4 Å². The molecule has 0 aliphatic rings. The molecule has 0 amide bonds. The van der Waals surface area contributed by atoms with Gasteiger partial charge in [-0.2, -0.15) is 0 Å². The number of hydrogen-bond donors (Lipinski definition) is 2. The fourth-order valence-electron chi connectivity index (χ4n) is 6.19. The number of hydrogen-bond acceptors (Lipinski definition) is 8. The van der Waals surface area contributed by atoms with Gasteiger partial charge in [0, 0.05) is 12.8 Å². The smallest absolute Gasteiger partial charge is 0.347 e. The van der Waals surface area contributed by atoms with E-state index in [9.17, 15) is 19.2 Å². The summed E-state index contributed by atoms with van der Waals surface area (Å²) >= 11 is 0. The Morgan fingerprint density at radius 3 is 1.02 bits per heavy atom. The van der Waals surface area contributed by atoms with Gasteiger partial charge in [-0.3, -0.25) is 9.59 Å². The third kappa shape index (κ3) is 42.6. The van der Waals surface area contributed by atoms with Gasteiger partial charge >= 0.3 is 23.9 Å².